The number of hydrogen-bond donors (Lipinski definition) is 1. The van der Waals surface area contributed by atoms with Crippen LogP contribution in [0.2, 0.25) is 0 Å². The molecule has 0 fully saturated rings. The predicted molar refractivity (Wildman–Crippen MR) is 165 cm³/mol. The van der Waals surface area contributed by atoms with Crippen molar-refractivity contribution in [3.05, 3.63) is 83.4 Å². The van der Waals surface area contributed by atoms with E-state index in [1.807, 2.05) is 0 Å². The smallest absolute Gasteiger partial charge is 0.304 e. The number of carboxylic acids is 1. The topological polar surface area (TPSA) is 52.8 Å². The van der Waals surface area contributed by atoms with Crippen LogP contribution in [0.15, 0.2) is 72.3 Å². The molecule has 204 valence electrons. The molecule has 1 N–H and O–H groups in total. The highest BCUT2D eigenvalue weighted by atomic mass is 16.5. The van der Waals surface area contributed by atoms with Crippen LogP contribution in [-0.2, 0) is 10.2 Å². The van der Waals surface area contributed by atoms with Gasteiger partial charge in [0.25, 0.3) is 0 Å². The van der Waals surface area contributed by atoms with E-state index in [-0.39, 0.29) is 12.5 Å². The monoisotopic (exact) mass is 541 g/mol. The van der Waals surface area contributed by atoms with Gasteiger partial charge in [-0.1, -0.05) is 36.4 Å². The Balaban J connectivity index is 1.36. The first-order chi connectivity index (χ1) is 19.9. The molecule has 0 aromatic heterocycles. The van der Waals surface area contributed by atoms with Gasteiger partial charge >= 0.3 is 5.97 Å². The first-order valence-corrected chi connectivity index (χ1v) is 14.8. The van der Waals surface area contributed by atoms with Gasteiger partial charge in [-0.3, -0.25) is 4.79 Å². The maximum atomic E-state index is 12.5. The highest BCUT2D eigenvalue weighted by Gasteiger charge is 2.56. The number of benzene rings is 4. The fraction of sp³-hybridized carbons (Fsp3) is 0.278. The summed E-state index contributed by atoms with van der Waals surface area (Å²) in [6.45, 7) is 9.15. The Labute approximate surface area is 240 Å². The Morgan fingerprint density at radius 3 is 2.51 bits per heavy atom. The molecule has 3 heterocycles. The van der Waals surface area contributed by atoms with Gasteiger partial charge in [0, 0.05) is 47.8 Å². The number of carbonyl (C=O) groups is 1. The Morgan fingerprint density at radius 2 is 1.76 bits per heavy atom. The summed E-state index contributed by atoms with van der Waals surface area (Å²) < 4.78 is 9.14. The summed E-state index contributed by atoms with van der Waals surface area (Å²) >= 11 is 0. The molecule has 0 saturated carbocycles. The van der Waals surface area contributed by atoms with Crippen LogP contribution in [0.5, 0.6) is 5.75 Å². The number of rotatable bonds is 5. The van der Waals surface area contributed by atoms with Gasteiger partial charge in [-0.05, 0) is 73.4 Å². The van der Waals surface area contributed by atoms with Crippen molar-refractivity contribution >= 4 is 39.9 Å². The van der Waals surface area contributed by atoms with Gasteiger partial charge in [-0.15, -0.1) is 0 Å². The summed E-state index contributed by atoms with van der Waals surface area (Å²) in [5, 5.41) is 12.7. The Kier molecular flexibility index (Phi) is 5.10. The van der Waals surface area contributed by atoms with Crippen LogP contribution >= 0.6 is 0 Å². The van der Waals surface area contributed by atoms with Crippen LogP contribution in [0.4, 0.5) is 11.4 Å². The molecule has 2 unspecified atom stereocenters. The standard InChI is InChI=1S/C36H32N2O3/c1-4-37(5-2)22-14-13-21-17-28-30(41-31(21)18-22)15-16-38-34-26-12-8-11-25-23-9-6-7-10-24(23)27(33(25)26)19-29(34)36(3,35(28)38)20-32(39)40/h6-14,17-19,30H,4-5,15-16,20H2,1-3H3/p+1. The predicted octanol–water partition coefficient (Wildman–Crippen LogP) is 7.41. The van der Waals surface area contributed by atoms with Crippen molar-refractivity contribution in [3.63, 3.8) is 0 Å². The maximum absolute atomic E-state index is 12.5. The van der Waals surface area contributed by atoms with Gasteiger partial charge in [0.1, 0.15) is 11.9 Å². The highest BCUT2D eigenvalue weighted by molar-refractivity contribution is 6.21. The van der Waals surface area contributed by atoms with Gasteiger partial charge in [-0.25, -0.2) is 0 Å². The summed E-state index contributed by atoms with van der Waals surface area (Å²) in [7, 11) is 0. The molecule has 4 aliphatic rings. The van der Waals surface area contributed by atoms with E-state index in [0.29, 0.717) is 0 Å². The summed E-state index contributed by atoms with van der Waals surface area (Å²) in [5.74, 6) is 0.123. The molecular weight excluding hydrogens is 508 g/mol. The molecule has 5 heteroatoms. The van der Waals surface area contributed by atoms with Gasteiger partial charge in [0.15, 0.2) is 12.3 Å². The quantitative estimate of drug-likeness (QED) is 0.235. The van der Waals surface area contributed by atoms with Crippen molar-refractivity contribution in [1.82, 2.24) is 0 Å². The Bertz CT molecular complexity index is 1880. The molecule has 3 aliphatic heterocycles. The maximum Gasteiger partial charge on any atom is 0.304 e. The van der Waals surface area contributed by atoms with Crippen LogP contribution in [0, 0.1) is 0 Å². The van der Waals surface area contributed by atoms with Gasteiger partial charge in [0.05, 0.1) is 22.8 Å². The van der Waals surface area contributed by atoms with Crippen LogP contribution in [-0.4, -0.2) is 47.1 Å². The zero-order valence-electron chi connectivity index (χ0n) is 23.7. The van der Waals surface area contributed by atoms with Crippen LogP contribution in [0.25, 0.3) is 39.1 Å². The number of ether oxygens (including phenoxy) is 1. The third-order valence-electron chi connectivity index (χ3n) is 9.74. The molecule has 0 amide bonds. The van der Waals surface area contributed by atoms with Crippen molar-refractivity contribution in [1.29, 1.82) is 0 Å². The van der Waals surface area contributed by atoms with E-state index in [0.717, 1.165) is 54.2 Å². The molecule has 4 aromatic rings. The van der Waals surface area contributed by atoms with Crippen molar-refractivity contribution in [2.75, 3.05) is 24.5 Å². The second-order valence-corrected chi connectivity index (χ2v) is 11.9. The lowest BCUT2D eigenvalue weighted by Crippen LogP contribution is -2.45. The summed E-state index contributed by atoms with van der Waals surface area (Å²) in [5.41, 5.74) is 11.0. The minimum atomic E-state index is -0.790. The number of fused-ring (bicyclic) bond motifs is 9. The third-order valence-corrected chi connectivity index (χ3v) is 9.74. The molecule has 4 aromatic carbocycles. The van der Waals surface area contributed by atoms with Crippen molar-refractivity contribution in [3.8, 4) is 28.0 Å². The first kappa shape index (κ1) is 24.4. The molecule has 8 rings (SSSR count). The molecule has 41 heavy (non-hydrogen) atoms. The second kappa shape index (κ2) is 8.56. The van der Waals surface area contributed by atoms with Crippen LogP contribution in [0.3, 0.4) is 0 Å². The largest absolute Gasteiger partial charge is 0.485 e. The number of carboxylic acid groups (broad SMARTS) is 1. The lowest BCUT2D eigenvalue weighted by Gasteiger charge is -2.33. The van der Waals surface area contributed by atoms with E-state index in [1.165, 1.54) is 44.4 Å². The van der Waals surface area contributed by atoms with Crippen LogP contribution in [0.1, 0.15) is 44.7 Å². The fourth-order valence-corrected chi connectivity index (χ4v) is 7.98. The molecule has 5 nitrogen and oxygen atoms in total. The number of nitrogens with zero attached hydrogens (tertiary/aromatic N) is 2. The lowest BCUT2D eigenvalue weighted by molar-refractivity contribution is -0.442. The molecule has 1 aliphatic carbocycles. The van der Waals surface area contributed by atoms with Crippen molar-refractivity contribution in [2.24, 2.45) is 0 Å². The van der Waals surface area contributed by atoms with Crippen molar-refractivity contribution < 1.29 is 19.2 Å². The van der Waals surface area contributed by atoms with Gasteiger partial charge in [-0.2, -0.15) is 4.58 Å². The second-order valence-electron chi connectivity index (χ2n) is 11.9. The average Bonchev–Trinajstić information content (AvgIpc) is 3.43. The van der Waals surface area contributed by atoms with E-state index >= 15 is 0 Å². The first-order valence-electron chi connectivity index (χ1n) is 14.8. The number of aliphatic carboxylic acids is 1. The summed E-state index contributed by atoms with van der Waals surface area (Å²) in [6, 6.07) is 23.9. The third kappa shape index (κ3) is 3.23. The molecule has 0 bridgehead atoms. The Hall–Kier alpha value is -4.38. The highest BCUT2D eigenvalue weighted by Crippen LogP contribution is 2.56. The molecule has 0 spiro atoms. The van der Waals surface area contributed by atoms with E-state index in [2.05, 4.69) is 103 Å². The minimum Gasteiger partial charge on any atom is -0.485 e. The average molecular weight is 542 g/mol. The fourth-order valence-electron chi connectivity index (χ4n) is 7.98. The van der Waals surface area contributed by atoms with E-state index in [1.54, 1.807) is 0 Å². The lowest BCUT2D eigenvalue weighted by atomic mass is 9.71. The van der Waals surface area contributed by atoms with E-state index in [9.17, 15) is 9.90 Å². The summed E-state index contributed by atoms with van der Waals surface area (Å²) in [6.07, 6.45) is 3.03. The number of anilines is 1. The van der Waals surface area contributed by atoms with Gasteiger partial charge < -0.3 is 14.7 Å². The summed E-state index contributed by atoms with van der Waals surface area (Å²) in [4.78, 5) is 14.8. The number of hydrogen-bond acceptors (Lipinski definition) is 3. The Morgan fingerprint density at radius 1 is 1.00 bits per heavy atom. The van der Waals surface area contributed by atoms with E-state index < -0.39 is 11.4 Å². The SMILES string of the molecule is CCN(CC)c1ccc2c(c1)OC1CC[N+]3=C(C1=C2)C(C)(CC(=O)O)c1cc2c4c(cccc4c13)-c1ccccc1-2. The van der Waals surface area contributed by atoms with Crippen LogP contribution < -0.4 is 9.64 Å². The normalized spacial score (nSPS) is 21.0. The van der Waals surface area contributed by atoms with E-state index in [4.69, 9.17) is 4.74 Å². The zero-order valence-corrected chi connectivity index (χ0v) is 23.7. The molecular formula is C36H33N2O3+. The molecule has 0 radical (unpaired) electrons. The van der Waals surface area contributed by atoms with Crippen molar-refractivity contribution in [2.45, 2.75) is 45.1 Å². The molecule has 0 saturated heterocycles. The molecule has 2 atom stereocenters. The minimum absolute atomic E-state index is 0.0237. The zero-order chi connectivity index (χ0) is 28.0. The van der Waals surface area contributed by atoms with Gasteiger partial charge in [0.2, 0.25) is 5.69 Å².